The number of carbonyl (C=O) groups is 1. The fraction of sp³-hybridized carbons (Fsp3) is 0.941. The second kappa shape index (κ2) is 8.74. The van der Waals surface area contributed by atoms with Crippen molar-refractivity contribution in [1.82, 2.24) is 5.32 Å². The predicted molar refractivity (Wildman–Crippen MR) is 85.5 cm³/mol. The quantitative estimate of drug-likeness (QED) is 0.640. The smallest absolute Gasteiger partial charge is 0.323 e. The third-order valence-corrected chi connectivity index (χ3v) is 4.55. The Labute approximate surface area is 129 Å². The first-order valence-electron chi connectivity index (χ1n) is 8.47. The lowest BCUT2D eigenvalue weighted by Crippen LogP contribution is -2.49. The molecule has 3 unspecified atom stereocenters. The van der Waals surface area contributed by atoms with Crippen molar-refractivity contribution in [2.75, 3.05) is 13.2 Å². The third-order valence-electron chi connectivity index (χ3n) is 4.55. The Morgan fingerprint density at radius 2 is 1.90 bits per heavy atom. The van der Waals surface area contributed by atoms with Gasteiger partial charge in [0.15, 0.2) is 0 Å². The van der Waals surface area contributed by atoms with E-state index in [2.05, 4.69) is 19.2 Å². The number of carboxylic acids is 1. The first-order valence-corrected chi connectivity index (χ1v) is 8.47. The molecular weight excluding hydrogens is 266 g/mol. The van der Waals surface area contributed by atoms with Crippen molar-refractivity contribution in [3.8, 4) is 0 Å². The summed E-state index contributed by atoms with van der Waals surface area (Å²) >= 11 is 0. The molecule has 1 saturated carbocycles. The second-order valence-corrected chi connectivity index (χ2v) is 7.08. The van der Waals surface area contributed by atoms with Crippen LogP contribution in [0, 0.1) is 11.8 Å². The topological polar surface area (TPSA) is 58.6 Å². The van der Waals surface area contributed by atoms with Crippen LogP contribution in [0.2, 0.25) is 0 Å². The third kappa shape index (κ3) is 6.35. The van der Waals surface area contributed by atoms with Crippen molar-refractivity contribution in [3.63, 3.8) is 0 Å². The maximum atomic E-state index is 11.4. The van der Waals surface area contributed by atoms with Crippen molar-refractivity contribution in [2.24, 2.45) is 11.8 Å². The molecule has 1 aliphatic carbocycles. The van der Waals surface area contributed by atoms with Crippen molar-refractivity contribution in [3.05, 3.63) is 0 Å². The molecule has 0 saturated heterocycles. The van der Waals surface area contributed by atoms with E-state index < -0.39 is 11.5 Å². The summed E-state index contributed by atoms with van der Waals surface area (Å²) in [6.45, 7) is 9.81. The zero-order valence-corrected chi connectivity index (χ0v) is 14.2. The lowest BCUT2D eigenvalue weighted by atomic mass is 9.82. The maximum Gasteiger partial charge on any atom is 0.323 e. The molecule has 0 aromatic heterocycles. The van der Waals surface area contributed by atoms with E-state index in [1.54, 1.807) is 6.92 Å². The molecule has 124 valence electrons. The molecule has 1 rings (SSSR count). The van der Waals surface area contributed by atoms with Crippen LogP contribution >= 0.6 is 0 Å². The zero-order chi connectivity index (χ0) is 15.9. The number of carboxylic acid groups (broad SMARTS) is 1. The number of aliphatic carboxylic acids is 1. The molecule has 0 bridgehead atoms. The summed E-state index contributed by atoms with van der Waals surface area (Å²) in [5, 5.41) is 12.5. The first kappa shape index (κ1) is 18.4. The van der Waals surface area contributed by atoms with Crippen LogP contribution in [-0.2, 0) is 9.53 Å². The Bertz CT molecular complexity index is 311. The fourth-order valence-electron chi connectivity index (χ4n) is 3.36. The van der Waals surface area contributed by atoms with Crippen LogP contribution < -0.4 is 5.32 Å². The highest BCUT2D eigenvalue weighted by molar-refractivity contribution is 5.78. The van der Waals surface area contributed by atoms with Crippen molar-refractivity contribution in [1.29, 1.82) is 0 Å². The summed E-state index contributed by atoms with van der Waals surface area (Å²) in [7, 11) is 0. The molecule has 21 heavy (non-hydrogen) atoms. The van der Waals surface area contributed by atoms with Crippen LogP contribution in [0.25, 0.3) is 0 Å². The van der Waals surface area contributed by atoms with Gasteiger partial charge in [0.25, 0.3) is 0 Å². The molecule has 0 radical (unpaired) electrons. The molecule has 0 aliphatic heterocycles. The van der Waals surface area contributed by atoms with E-state index in [9.17, 15) is 9.90 Å². The molecule has 0 spiro atoms. The normalized spacial score (nSPS) is 29.0. The van der Waals surface area contributed by atoms with Gasteiger partial charge in [0.05, 0.1) is 6.10 Å². The van der Waals surface area contributed by atoms with Gasteiger partial charge in [-0.15, -0.1) is 0 Å². The minimum atomic E-state index is -0.827. The second-order valence-electron chi connectivity index (χ2n) is 7.08. The van der Waals surface area contributed by atoms with E-state index in [-0.39, 0.29) is 0 Å². The van der Waals surface area contributed by atoms with Gasteiger partial charge >= 0.3 is 5.97 Å². The highest BCUT2D eigenvalue weighted by Crippen LogP contribution is 2.30. The molecule has 3 atom stereocenters. The van der Waals surface area contributed by atoms with E-state index in [0.717, 1.165) is 44.1 Å². The standard InChI is InChI=1S/C17H33NO3/c1-5-8-18-17(4,16(19)20)7-6-9-21-15-11-13(2)10-14(3)12-15/h13-15,18H,5-12H2,1-4H3,(H,19,20). The van der Waals surface area contributed by atoms with E-state index in [0.29, 0.717) is 19.1 Å². The summed E-state index contributed by atoms with van der Waals surface area (Å²) in [5.41, 5.74) is -0.827. The van der Waals surface area contributed by atoms with Crippen LogP contribution in [0.5, 0.6) is 0 Å². The van der Waals surface area contributed by atoms with Gasteiger partial charge in [-0.05, 0) is 63.8 Å². The summed E-state index contributed by atoms with van der Waals surface area (Å²) in [5.74, 6) is 0.722. The van der Waals surface area contributed by atoms with Crippen molar-refractivity contribution in [2.45, 2.75) is 77.9 Å². The van der Waals surface area contributed by atoms with Gasteiger partial charge in [-0.1, -0.05) is 20.8 Å². The summed E-state index contributed by atoms with van der Waals surface area (Å²) in [6, 6.07) is 0. The molecule has 1 aliphatic rings. The average molecular weight is 299 g/mol. The van der Waals surface area contributed by atoms with Gasteiger partial charge in [0.1, 0.15) is 5.54 Å². The Morgan fingerprint density at radius 3 is 2.43 bits per heavy atom. The Balaban J connectivity index is 2.29. The summed E-state index contributed by atoms with van der Waals surface area (Å²) < 4.78 is 5.98. The molecule has 1 fully saturated rings. The first-order chi connectivity index (χ1) is 9.87. The molecule has 0 aromatic rings. The lowest BCUT2D eigenvalue weighted by molar-refractivity contribution is -0.144. The van der Waals surface area contributed by atoms with Gasteiger partial charge in [0.2, 0.25) is 0 Å². The average Bonchev–Trinajstić information content (AvgIpc) is 2.40. The van der Waals surface area contributed by atoms with Crippen LogP contribution in [-0.4, -0.2) is 35.9 Å². The van der Waals surface area contributed by atoms with Crippen LogP contribution in [0.4, 0.5) is 0 Å². The van der Waals surface area contributed by atoms with E-state index >= 15 is 0 Å². The highest BCUT2D eigenvalue weighted by Gasteiger charge is 2.31. The van der Waals surface area contributed by atoms with Crippen LogP contribution in [0.1, 0.15) is 66.2 Å². The fourth-order valence-corrected chi connectivity index (χ4v) is 3.36. The Morgan fingerprint density at radius 1 is 1.29 bits per heavy atom. The van der Waals surface area contributed by atoms with Gasteiger partial charge < -0.3 is 15.2 Å². The van der Waals surface area contributed by atoms with Crippen molar-refractivity contribution < 1.29 is 14.6 Å². The number of ether oxygens (including phenoxy) is 1. The predicted octanol–water partition coefficient (Wildman–Crippen LogP) is 3.45. The van der Waals surface area contributed by atoms with E-state index in [4.69, 9.17) is 4.74 Å². The molecule has 0 aromatic carbocycles. The van der Waals surface area contributed by atoms with E-state index in [1.165, 1.54) is 6.42 Å². The maximum absolute atomic E-state index is 11.4. The molecular formula is C17H33NO3. The molecule has 4 heteroatoms. The monoisotopic (exact) mass is 299 g/mol. The summed E-state index contributed by atoms with van der Waals surface area (Å²) in [4.78, 5) is 11.4. The lowest BCUT2D eigenvalue weighted by Gasteiger charge is -2.32. The molecule has 4 nitrogen and oxygen atoms in total. The molecule has 0 heterocycles. The number of nitrogens with one attached hydrogen (secondary N) is 1. The number of rotatable bonds is 9. The van der Waals surface area contributed by atoms with Crippen LogP contribution in [0.3, 0.4) is 0 Å². The summed E-state index contributed by atoms with van der Waals surface area (Å²) in [6.07, 6.45) is 6.31. The van der Waals surface area contributed by atoms with Gasteiger partial charge in [-0.3, -0.25) is 4.79 Å². The van der Waals surface area contributed by atoms with E-state index in [1.807, 2.05) is 6.92 Å². The highest BCUT2D eigenvalue weighted by atomic mass is 16.5. The van der Waals surface area contributed by atoms with Crippen molar-refractivity contribution >= 4 is 5.97 Å². The van der Waals surface area contributed by atoms with Gasteiger partial charge in [0, 0.05) is 6.61 Å². The Kier molecular flexibility index (Phi) is 7.67. The van der Waals surface area contributed by atoms with Crippen LogP contribution in [0.15, 0.2) is 0 Å². The zero-order valence-electron chi connectivity index (χ0n) is 14.2. The minimum absolute atomic E-state index is 0.364. The minimum Gasteiger partial charge on any atom is -0.480 e. The molecule has 2 N–H and O–H groups in total. The Hall–Kier alpha value is -0.610. The largest absolute Gasteiger partial charge is 0.480 e. The SMILES string of the molecule is CCCNC(C)(CCCOC1CC(C)CC(C)C1)C(=O)O. The van der Waals surface area contributed by atoms with Gasteiger partial charge in [-0.2, -0.15) is 0 Å². The number of hydrogen-bond acceptors (Lipinski definition) is 3. The molecule has 0 amide bonds. The van der Waals surface area contributed by atoms with Gasteiger partial charge in [-0.25, -0.2) is 0 Å². The number of hydrogen-bond donors (Lipinski definition) is 2.